The molecule has 0 heterocycles. The van der Waals surface area contributed by atoms with Crippen LogP contribution in [0.4, 0.5) is 0 Å². The van der Waals surface area contributed by atoms with Gasteiger partial charge in [-0.3, -0.25) is 4.79 Å². The first-order valence-electron chi connectivity index (χ1n) is 9.08. The Kier molecular flexibility index (Phi) is 7.60. The number of aryl methyl sites for hydroxylation is 1. The lowest BCUT2D eigenvalue weighted by molar-refractivity contribution is -0.117. The van der Waals surface area contributed by atoms with Crippen molar-refractivity contribution in [2.24, 2.45) is 5.73 Å². The number of carbonyl (C=O) groups is 1. The van der Waals surface area contributed by atoms with Crippen LogP contribution < -0.4 is 16.4 Å². The van der Waals surface area contributed by atoms with Gasteiger partial charge in [0.1, 0.15) is 11.6 Å². The maximum atomic E-state index is 12.4. The van der Waals surface area contributed by atoms with Gasteiger partial charge >= 0.3 is 0 Å². The molecule has 1 atom stereocenters. The van der Waals surface area contributed by atoms with Gasteiger partial charge in [0, 0.05) is 19.3 Å². The van der Waals surface area contributed by atoms with Crippen molar-refractivity contribution in [2.45, 2.75) is 39.4 Å². The van der Waals surface area contributed by atoms with Crippen molar-refractivity contribution in [3.8, 4) is 6.07 Å². The minimum atomic E-state index is -0.396. The van der Waals surface area contributed by atoms with E-state index < -0.39 is 5.91 Å². The van der Waals surface area contributed by atoms with Crippen molar-refractivity contribution in [1.82, 2.24) is 10.6 Å². The van der Waals surface area contributed by atoms with E-state index in [1.807, 2.05) is 49.4 Å². The van der Waals surface area contributed by atoms with Crippen molar-refractivity contribution < 1.29 is 4.79 Å². The molecule has 0 saturated heterocycles. The summed E-state index contributed by atoms with van der Waals surface area (Å²) in [5.41, 5.74) is 10.0. The van der Waals surface area contributed by atoms with E-state index in [4.69, 9.17) is 5.73 Å². The van der Waals surface area contributed by atoms with E-state index in [-0.39, 0.29) is 11.6 Å². The quantitative estimate of drug-likeness (QED) is 0.497. The number of hydrogen-bond acceptors (Lipinski definition) is 4. The monoisotopic (exact) mass is 362 g/mol. The number of nitrogens with one attached hydrogen (secondary N) is 2. The van der Waals surface area contributed by atoms with Crippen LogP contribution in [0.25, 0.3) is 0 Å². The highest BCUT2D eigenvalue weighted by Gasteiger charge is 2.13. The molecule has 0 fully saturated rings. The maximum absolute atomic E-state index is 12.4. The van der Waals surface area contributed by atoms with Crippen LogP contribution in [0, 0.1) is 11.3 Å². The Morgan fingerprint density at radius 1 is 1.19 bits per heavy atom. The molecule has 0 radical (unpaired) electrons. The van der Waals surface area contributed by atoms with E-state index in [0.717, 1.165) is 23.1 Å². The minimum absolute atomic E-state index is 0.0435. The van der Waals surface area contributed by atoms with Gasteiger partial charge < -0.3 is 16.4 Å². The third kappa shape index (κ3) is 5.98. The highest BCUT2D eigenvalue weighted by Crippen LogP contribution is 2.14. The highest BCUT2D eigenvalue weighted by molar-refractivity contribution is 5.97. The van der Waals surface area contributed by atoms with Gasteiger partial charge in [-0.15, -0.1) is 0 Å². The predicted molar refractivity (Wildman–Crippen MR) is 107 cm³/mol. The Bertz CT molecular complexity index is 834. The summed E-state index contributed by atoms with van der Waals surface area (Å²) in [7, 11) is 0. The van der Waals surface area contributed by atoms with Crippen molar-refractivity contribution in [3.05, 3.63) is 82.6 Å². The zero-order valence-electron chi connectivity index (χ0n) is 15.8. The minimum Gasteiger partial charge on any atom is -0.386 e. The van der Waals surface area contributed by atoms with Crippen LogP contribution in [0.3, 0.4) is 0 Å². The number of benzene rings is 2. The third-order valence-corrected chi connectivity index (χ3v) is 4.38. The second kappa shape index (κ2) is 10.1. The lowest BCUT2D eigenvalue weighted by Gasteiger charge is -2.14. The van der Waals surface area contributed by atoms with E-state index in [9.17, 15) is 10.1 Å². The summed E-state index contributed by atoms with van der Waals surface area (Å²) in [4.78, 5) is 12.4. The number of carbonyl (C=O) groups excluding carboxylic acids is 1. The molecule has 0 saturated carbocycles. The van der Waals surface area contributed by atoms with Crippen molar-refractivity contribution >= 4 is 5.91 Å². The molecule has 0 spiro atoms. The van der Waals surface area contributed by atoms with Gasteiger partial charge in [-0.2, -0.15) is 5.26 Å². The van der Waals surface area contributed by atoms with Crippen molar-refractivity contribution in [3.63, 3.8) is 0 Å². The Labute approximate surface area is 160 Å². The van der Waals surface area contributed by atoms with Gasteiger partial charge in [0.05, 0.1) is 6.04 Å². The van der Waals surface area contributed by atoms with Gasteiger partial charge in [-0.05, 0) is 35.6 Å². The molecule has 0 aliphatic carbocycles. The lowest BCUT2D eigenvalue weighted by Crippen LogP contribution is -2.28. The third-order valence-electron chi connectivity index (χ3n) is 4.38. The molecule has 2 rings (SSSR count). The number of nitrogens with zero attached hydrogens (tertiary/aromatic N) is 1. The normalized spacial score (nSPS) is 12.1. The van der Waals surface area contributed by atoms with Gasteiger partial charge in [0.2, 0.25) is 0 Å². The molecule has 5 nitrogen and oxygen atoms in total. The standard InChI is InChI=1S/C22H26N4O/c1-3-17-7-9-20(10-8-17)16(2)26-22(27)21(13-24)15-25-14-19-6-4-5-18(11-19)12-23/h4-11,15-16,25H,3,12,14,23H2,1-2H3,(H,26,27)/b21-15-. The van der Waals surface area contributed by atoms with E-state index in [2.05, 4.69) is 29.7 Å². The first-order valence-corrected chi connectivity index (χ1v) is 9.08. The number of rotatable bonds is 8. The summed E-state index contributed by atoms with van der Waals surface area (Å²) in [6, 6.07) is 17.7. The molecule has 2 aromatic rings. The van der Waals surface area contributed by atoms with Crippen LogP contribution in [-0.2, 0) is 24.3 Å². The van der Waals surface area contributed by atoms with Crippen LogP contribution in [-0.4, -0.2) is 5.91 Å². The fourth-order valence-electron chi connectivity index (χ4n) is 2.69. The van der Waals surface area contributed by atoms with Crippen LogP contribution in [0.1, 0.15) is 42.1 Å². The van der Waals surface area contributed by atoms with Gasteiger partial charge in [-0.25, -0.2) is 0 Å². The molecule has 5 heteroatoms. The number of nitriles is 1. The van der Waals surface area contributed by atoms with Gasteiger partial charge in [0.25, 0.3) is 5.91 Å². The zero-order valence-corrected chi connectivity index (χ0v) is 15.8. The highest BCUT2D eigenvalue weighted by atomic mass is 16.1. The summed E-state index contributed by atoms with van der Waals surface area (Å²) in [5.74, 6) is -0.396. The van der Waals surface area contributed by atoms with Gasteiger partial charge in [0.15, 0.2) is 0 Å². The summed E-state index contributed by atoms with van der Waals surface area (Å²) in [6.07, 6.45) is 2.43. The molecular weight excluding hydrogens is 336 g/mol. The molecule has 2 aromatic carbocycles. The topological polar surface area (TPSA) is 90.9 Å². The Balaban J connectivity index is 1.95. The molecule has 0 bridgehead atoms. The van der Waals surface area contributed by atoms with Crippen LogP contribution >= 0.6 is 0 Å². The van der Waals surface area contributed by atoms with Crippen LogP contribution in [0.15, 0.2) is 60.3 Å². The average molecular weight is 362 g/mol. The van der Waals surface area contributed by atoms with Crippen molar-refractivity contribution in [2.75, 3.05) is 0 Å². The van der Waals surface area contributed by atoms with E-state index in [1.54, 1.807) is 0 Å². The fraction of sp³-hybridized carbons (Fsp3) is 0.273. The number of amides is 1. The smallest absolute Gasteiger partial charge is 0.263 e. The summed E-state index contributed by atoms with van der Waals surface area (Å²) in [6.45, 7) is 5.00. The largest absolute Gasteiger partial charge is 0.386 e. The maximum Gasteiger partial charge on any atom is 0.263 e. The van der Waals surface area contributed by atoms with Crippen molar-refractivity contribution in [1.29, 1.82) is 5.26 Å². The summed E-state index contributed by atoms with van der Waals surface area (Å²) < 4.78 is 0. The van der Waals surface area contributed by atoms with Crippen LogP contribution in [0.5, 0.6) is 0 Å². The summed E-state index contributed by atoms with van der Waals surface area (Å²) >= 11 is 0. The Hall–Kier alpha value is -3.10. The first kappa shape index (κ1) is 20.2. The number of hydrogen-bond donors (Lipinski definition) is 3. The molecule has 0 aromatic heterocycles. The lowest BCUT2D eigenvalue weighted by atomic mass is 10.0. The number of nitrogens with two attached hydrogens (primary N) is 1. The Morgan fingerprint density at radius 2 is 1.89 bits per heavy atom. The molecule has 1 unspecified atom stereocenters. The molecular formula is C22H26N4O. The molecule has 1 amide bonds. The molecule has 0 aliphatic rings. The summed E-state index contributed by atoms with van der Waals surface area (Å²) in [5, 5.41) is 15.2. The zero-order chi connectivity index (χ0) is 19.6. The Morgan fingerprint density at radius 3 is 2.52 bits per heavy atom. The van der Waals surface area contributed by atoms with Gasteiger partial charge in [-0.1, -0.05) is 55.5 Å². The first-order chi connectivity index (χ1) is 13.1. The predicted octanol–water partition coefficient (Wildman–Crippen LogP) is 3.08. The molecule has 27 heavy (non-hydrogen) atoms. The average Bonchev–Trinajstić information content (AvgIpc) is 2.71. The molecule has 140 valence electrons. The second-order valence-corrected chi connectivity index (χ2v) is 6.37. The molecule has 4 N–H and O–H groups in total. The second-order valence-electron chi connectivity index (χ2n) is 6.37. The van der Waals surface area contributed by atoms with E-state index in [1.165, 1.54) is 11.8 Å². The SMILES string of the molecule is CCc1ccc(C(C)NC(=O)/C(C#N)=C\NCc2cccc(CN)c2)cc1. The van der Waals surface area contributed by atoms with E-state index in [0.29, 0.717) is 13.1 Å². The fourth-order valence-corrected chi connectivity index (χ4v) is 2.69. The molecule has 0 aliphatic heterocycles. The van der Waals surface area contributed by atoms with E-state index >= 15 is 0 Å². The van der Waals surface area contributed by atoms with Crippen LogP contribution in [0.2, 0.25) is 0 Å².